The molecule has 0 saturated carbocycles. The maximum absolute atomic E-state index is 14.6. The van der Waals surface area contributed by atoms with Crippen LogP contribution in [0.2, 0.25) is 5.02 Å². The van der Waals surface area contributed by atoms with Crippen LogP contribution in [-0.2, 0) is 39.9 Å². The summed E-state index contributed by atoms with van der Waals surface area (Å²) in [5, 5.41) is 22.5. The van der Waals surface area contributed by atoms with Gasteiger partial charge in [0.15, 0.2) is 12.4 Å². The first-order valence-electron chi connectivity index (χ1n) is 20.2. The number of amides is 5. The highest BCUT2D eigenvalue weighted by Crippen LogP contribution is 2.36. The molecule has 4 atom stereocenters. The normalized spacial score (nSPS) is 16.7. The molecule has 0 saturated heterocycles. The topological polar surface area (TPSA) is 226 Å². The number of nitrogens with one attached hydrogen (secondary N) is 4. The number of hydrogen-bond donors (Lipinski definition) is 6. The molecule has 15 nitrogen and oxygen atoms in total. The molecular weight excluding hydrogens is 816 g/mol. The number of rotatable bonds is 14. The zero-order chi connectivity index (χ0) is 45.1. The zero-order valence-corrected chi connectivity index (χ0v) is 35.7. The van der Waals surface area contributed by atoms with E-state index in [4.69, 9.17) is 22.1 Å². The van der Waals surface area contributed by atoms with Gasteiger partial charge in [0.25, 0.3) is 5.91 Å². The summed E-state index contributed by atoms with van der Waals surface area (Å²) in [7, 11) is 1.42. The number of carbonyl (C=O) groups excluding carboxylic acids is 7. The summed E-state index contributed by atoms with van der Waals surface area (Å²) in [6.07, 6.45) is 1.22. The fourth-order valence-corrected chi connectivity index (χ4v) is 7.17. The van der Waals surface area contributed by atoms with Crippen molar-refractivity contribution in [1.82, 2.24) is 26.2 Å². The number of aryl methyl sites for hydroxylation is 1. The van der Waals surface area contributed by atoms with Crippen LogP contribution in [0, 0.1) is 6.92 Å². The highest BCUT2D eigenvalue weighted by atomic mass is 35.5. The molecule has 4 bridgehead atoms. The second-order valence-corrected chi connectivity index (χ2v) is 15.6. The Bertz CT molecular complexity index is 2320. The Hall–Kier alpha value is -6.58. The van der Waals surface area contributed by atoms with Gasteiger partial charge in [0.2, 0.25) is 23.6 Å². The molecule has 5 amide bonds. The number of halogens is 1. The van der Waals surface area contributed by atoms with Crippen LogP contribution in [0.3, 0.4) is 0 Å². The van der Waals surface area contributed by atoms with Crippen molar-refractivity contribution >= 4 is 52.9 Å². The molecule has 326 valence electrons. The second kappa shape index (κ2) is 21.3. The van der Waals surface area contributed by atoms with Gasteiger partial charge in [-0.1, -0.05) is 60.1 Å². The summed E-state index contributed by atoms with van der Waals surface area (Å²) in [4.78, 5) is 94.5. The number of ether oxygens (including phenoxy) is 1. The molecule has 4 aromatic carbocycles. The van der Waals surface area contributed by atoms with Crippen molar-refractivity contribution in [3.05, 3.63) is 112 Å². The van der Waals surface area contributed by atoms with Gasteiger partial charge in [-0.25, -0.2) is 0 Å². The van der Waals surface area contributed by atoms with E-state index in [2.05, 4.69) is 21.3 Å². The minimum atomic E-state index is -1.38. The van der Waals surface area contributed by atoms with E-state index in [-0.39, 0.29) is 18.6 Å². The Kier molecular flexibility index (Phi) is 16.0. The van der Waals surface area contributed by atoms with Crippen LogP contribution in [0.25, 0.3) is 22.3 Å². The second-order valence-electron chi connectivity index (χ2n) is 15.2. The Labute approximate surface area is 364 Å². The first kappa shape index (κ1) is 46.5. The number of hydrogen-bond acceptors (Lipinski definition) is 10. The SMILES string of the molecule is CC(=O)OCC(=O)CNC(=O)C1Cc2ccc(C)c(c2)-c2cc(ccc2O)C(N(C)C(=O)C(CCCCN)NC(=O)c2ccc(-c3ccc(Cl)cc3)cc2)C(=O)NC(C)C(=O)N1. The Morgan fingerprint density at radius 1 is 0.903 bits per heavy atom. The average Bonchev–Trinajstić information content (AvgIpc) is 3.25. The van der Waals surface area contributed by atoms with E-state index in [9.17, 15) is 38.7 Å². The lowest BCUT2D eigenvalue weighted by Crippen LogP contribution is -2.56. The van der Waals surface area contributed by atoms with Crippen molar-refractivity contribution in [3.63, 3.8) is 0 Å². The third-order valence-corrected chi connectivity index (χ3v) is 10.8. The van der Waals surface area contributed by atoms with E-state index in [1.807, 2.05) is 19.1 Å². The number of nitrogens with two attached hydrogens (primary N) is 1. The highest BCUT2D eigenvalue weighted by Gasteiger charge is 2.36. The molecule has 4 unspecified atom stereocenters. The lowest BCUT2D eigenvalue weighted by Gasteiger charge is -2.32. The van der Waals surface area contributed by atoms with E-state index >= 15 is 0 Å². The summed E-state index contributed by atoms with van der Waals surface area (Å²) < 4.78 is 4.71. The molecular formula is C46H51ClN6O9. The number of phenolic OH excluding ortho intramolecular Hbond substituents is 1. The first-order valence-corrected chi connectivity index (χ1v) is 20.5. The number of esters is 1. The van der Waals surface area contributed by atoms with Crippen LogP contribution in [-0.4, -0.2) is 96.2 Å². The summed E-state index contributed by atoms with van der Waals surface area (Å²) in [5.41, 5.74) is 10.4. The van der Waals surface area contributed by atoms with Gasteiger partial charge in [-0.2, -0.15) is 0 Å². The van der Waals surface area contributed by atoms with E-state index in [0.717, 1.165) is 23.6 Å². The molecule has 1 aliphatic heterocycles. The van der Waals surface area contributed by atoms with Crippen LogP contribution in [0.4, 0.5) is 0 Å². The number of aromatic hydroxyl groups is 1. The van der Waals surface area contributed by atoms with Crippen LogP contribution in [0.15, 0.2) is 84.9 Å². The monoisotopic (exact) mass is 866 g/mol. The molecule has 16 heteroatoms. The lowest BCUT2D eigenvalue weighted by atomic mass is 9.91. The maximum Gasteiger partial charge on any atom is 0.303 e. The quantitative estimate of drug-likeness (QED) is 0.0792. The van der Waals surface area contributed by atoms with Crippen LogP contribution >= 0.6 is 11.6 Å². The van der Waals surface area contributed by atoms with Gasteiger partial charge < -0.3 is 41.7 Å². The minimum absolute atomic E-state index is 0.0340. The molecule has 5 rings (SSSR count). The smallest absolute Gasteiger partial charge is 0.303 e. The molecule has 0 aromatic heterocycles. The summed E-state index contributed by atoms with van der Waals surface area (Å²) in [6.45, 7) is 3.71. The van der Waals surface area contributed by atoms with Crippen molar-refractivity contribution < 1.29 is 43.4 Å². The fraction of sp³-hybridized carbons (Fsp3) is 0.326. The van der Waals surface area contributed by atoms with E-state index < -0.39 is 78.6 Å². The van der Waals surface area contributed by atoms with E-state index in [0.29, 0.717) is 52.2 Å². The summed E-state index contributed by atoms with van der Waals surface area (Å²) in [6, 6.07) is 19.0. The van der Waals surface area contributed by atoms with Crippen molar-refractivity contribution in [1.29, 1.82) is 0 Å². The predicted octanol–water partition coefficient (Wildman–Crippen LogP) is 3.91. The van der Waals surface area contributed by atoms with Gasteiger partial charge in [-0.15, -0.1) is 0 Å². The van der Waals surface area contributed by atoms with Crippen LogP contribution in [0.1, 0.15) is 66.2 Å². The molecule has 0 aliphatic carbocycles. The molecule has 4 aromatic rings. The maximum atomic E-state index is 14.6. The number of fused-ring (bicyclic) bond motifs is 5. The Morgan fingerprint density at radius 2 is 1.58 bits per heavy atom. The number of unbranched alkanes of at least 4 members (excludes halogenated alkanes) is 1. The molecule has 0 radical (unpaired) electrons. The molecule has 7 N–H and O–H groups in total. The van der Waals surface area contributed by atoms with Crippen molar-refractivity contribution in [2.45, 2.75) is 70.6 Å². The predicted molar refractivity (Wildman–Crippen MR) is 233 cm³/mol. The number of Topliss-reactive ketones (excluding diaryl/α,β-unsaturated/α-hetero) is 1. The Morgan fingerprint density at radius 3 is 2.24 bits per heavy atom. The number of nitrogens with zero attached hydrogens (tertiary/aromatic N) is 1. The van der Waals surface area contributed by atoms with Gasteiger partial charge in [-0.3, -0.25) is 33.6 Å². The van der Waals surface area contributed by atoms with Gasteiger partial charge in [-0.05, 0) is 109 Å². The third-order valence-electron chi connectivity index (χ3n) is 10.5. The van der Waals surface area contributed by atoms with Gasteiger partial charge in [0.05, 0.1) is 6.54 Å². The first-order chi connectivity index (χ1) is 29.6. The van der Waals surface area contributed by atoms with Crippen molar-refractivity contribution in [2.24, 2.45) is 5.73 Å². The van der Waals surface area contributed by atoms with Crippen molar-refractivity contribution in [2.75, 3.05) is 26.7 Å². The third kappa shape index (κ3) is 12.0. The fourth-order valence-electron chi connectivity index (χ4n) is 7.04. The van der Waals surface area contributed by atoms with E-state index in [1.54, 1.807) is 60.7 Å². The highest BCUT2D eigenvalue weighted by molar-refractivity contribution is 6.30. The van der Waals surface area contributed by atoms with Gasteiger partial charge >= 0.3 is 5.97 Å². The minimum Gasteiger partial charge on any atom is -0.507 e. The number of likely N-dealkylation sites (N-methyl/N-ethyl adjacent to an activating group) is 1. The average molecular weight is 867 g/mol. The molecule has 1 heterocycles. The number of ketones is 1. The molecule has 0 fully saturated rings. The standard InChI is InChI=1S/C46H51ClN6O9/c1-26-8-9-29-21-36(26)37-23-33(16-19-40(37)56)41(45(60)50-27(2)42(57)52-39(22-29)44(59)49-24-35(55)25-62-28(3)54)53(4)46(61)38(7-5-6-20-48)51-43(58)32-12-10-30(11-13-32)31-14-17-34(47)18-15-31/h8-19,21,23,27,38-39,41,56H,5-7,20,22,24-25,48H2,1-4H3,(H,49,59)(H,50,60)(H,51,58)(H,52,57). The van der Waals surface area contributed by atoms with Crippen LogP contribution < -0.4 is 27.0 Å². The zero-order valence-electron chi connectivity index (χ0n) is 35.0. The number of benzene rings is 4. The summed E-state index contributed by atoms with van der Waals surface area (Å²) >= 11 is 6.05. The Balaban J connectivity index is 1.46. The van der Waals surface area contributed by atoms with E-state index in [1.165, 1.54) is 31.0 Å². The molecule has 62 heavy (non-hydrogen) atoms. The molecule has 1 aliphatic rings. The largest absolute Gasteiger partial charge is 0.507 e. The van der Waals surface area contributed by atoms with Crippen molar-refractivity contribution in [3.8, 4) is 28.0 Å². The van der Waals surface area contributed by atoms with Gasteiger partial charge in [0, 0.05) is 36.5 Å². The summed E-state index contributed by atoms with van der Waals surface area (Å²) in [5.74, 6) is -4.68. The number of phenols is 1. The van der Waals surface area contributed by atoms with Gasteiger partial charge in [0.1, 0.15) is 29.9 Å². The number of carbonyl (C=O) groups is 7. The lowest BCUT2D eigenvalue weighted by molar-refractivity contribution is -0.145. The van der Waals surface area contributed by atoms with Crippen LogP contribution in [0.5, 0.6) is 5.75 Å². The molecule has 0 spiro atoms.